The van der Waals surface area contributed by atoms with Gasteiger partial charge in [-0.05, 0) is 31.3 Å². The summed E-state index contributed by atoms with van der Waals surface area (Å²) < 4.78 is 16.3. The average molecular weight is 346 g/mol. The summed E-state index contributed by atoms with van der Waals surface area (Å²) in [5.74, 6) is -1.64. The third-order valence-corrected chi connectivity index (χ3v) is 6.03. The van der Waals surface area contributed by atoms with Crippen LogP contribution in [0.5, 0.6) is 0 Å². The fraction of sp³-hybridized carbons (Fsp3) is 0.579. The van der Waals surface area contributed by atoms with Crippen LogP contribution >= 0.6 is 0 Å². The van der Waals surface area contributed by atoms with Crippen molar-refractivity contribution in [3.05, 3.63) is 36.5 Å². The number of aliphatic hydroxyl groups excluding tert-OH is 1. The zero-order valence-electron chi connectivity index (χ0n) is 14.2. The van der Waals surface area contributed by atoms with E-state index in [9.17, 15) is 14.7 Å². The van der Waals surface area contributed by atoms with Crippen LogP contribution in [-0.2, 0) is 23.8 Å². The Balaban J connectivity index is 1.61. The zero-order valence-corrected chi connectivity index (χ0v) is 14.2. The molecule has 0 amide bonds. The molecule has 6 nitrogen and oxygen atoms in total. The van der Waals surface area contributed by atoms with Crippen LogP contribution in [-0.4, -0.2) is 47.6 Å². The number of ether oxygens (including phenoxy) is 3. The Bertz CT molecular complexity index is 703. The highest BCUT2D eigenvalue weighted by Gasteiger charge is 2.57. The summed E-state index contributed by atoms with van der Waals surface area (Å²) in [7, 11) is 0. The molecular weight excluding hydrogens is 324 g/mol. The van der Waals surface area contributed by atoms with Crippen LogP contribution < -0.4 is 0 Å². The predicted octanol–water partition coefficient (Wildman–Crippen LogP) is 1.30. The van der Waals surface area contributed by atoms with Crippen LogP contribution in [0, 0.1) is 17.8 Å². The Hall–Kier alpha value is -1.92. The maximum absolute atomic E-state index is 12.2. The summed E-state index contributed by atoms with van der Waals surface area (Å²) in [5.41, 5.74) is 1.01. The molecule has 2 aliphatic heterocycles. The maximum Gasteiger partial charge on any atom is 0.341 e. The van der Waals surface area contributed by atoms with Gasteiger partial charge in [-0.3, -0.25) is 0 Å². The van der Waals surface area contributed by atoms with Crippen LogP contribution in [0.1, 0.15) is 19.8 Å². The van der Waals surface area contributed by atoms with Crippen LogP contribution in [0.25, 0.3) is 0 Å². The SMILES string of the molecule is C=C1C(=O)O[C@@H]2[C@H]3C(=C)[C@@H](OC(=O)[C@]4(C)CO4)C[C@H]3C(=C)C[C@H](O)[C@@H]12. The van der Waals surface area contributed by atoms with Gasteiger partial charge in [0.1, 0.15) is 12.2 Å². The van der Waals surface area contributed by atoms with E-state index in [1.807, 2.05) is 0 Å². The van der Waals surface area contributed by atoms with Gasteiger partial charge in [-0.15, -0.1) is 0 Å². The number of hydrogen-bond donors (Lipinski definition) is 1. The van der Waals surface area contributed by atoms with E-state index < -0.39 is 41.8 Å². The molecule has 2 saturated carbocycles. The van der Waals surface area contributed by atoms with E-state index in [-0.39, 0.29) is 17.4 Å². The molecule has 2 aliphatic carbocycles. The first-order chi connectivity index (χ1) is 11.7. The minimum Gasteiger partial charge on any atom is -0.458 e. The number of carbonyl (C=O) groups is 2. The Labute approximate surface area is 146 Å². The average Bonchev–Trinajstić information content (AvgIpc) is 3.15. The minimum atomic E-state index is -0.852. The normalized spacial score (nSPS) is 45.5. The molecule has 1 N–H and O–H groups in total. The molecule has 7 atom stereocenters. The third-order valence-electron chi connectivity index (χ3n) is 6.03. The van der Waals surface area contributed by atoms with Gasteiger partial charge in [0.2, 0.25) is 0 Å². The molecule has 0 unspecified atom stereocenters. The lowest BCUT2D eigenvalue weighted by Gasteiger charge is -2.27. The molecule has 0 spiro atoms. The van der Waals surface area contributed by atoms with E-state index in [1.54, 1.807) is 6.92 Å². The van der Waals surface area contributed by atoms with Gasteiger partial charge >= 0.3 is 11.9 Å². The number of carbonyl (C=O) groups excluding carboxylic acids is 2. The smallest absolute Gasteiger partial charge is 0.341 e. The quantitative estimate of drug-likeness (QED) is 0.351. The number of fused-ring (bicyclic) bond motifs is 3. The molecule has 4 rings (SSSR count). The number of epoxide rings is 1. The van der Waals surface area contributed by atoms with Gasteiger partial charge in [-0.1, -0.05) is 25.3 Å². The molecule has 0 aromatic heterocycles. The van der Waals surface area contributed by atoms with Crippen molar-refractivity contribution in [2.75, 3.05) is 6.61 Å². The number of aliphatic hydroxyl groups is 1. The highest BCUT2D eigenvalue weighted by Crippen LogP contribution is 2.53. The molecule has 6 heteroatoms. The first-order valence-corrected chi connectivity index (χ1v) is 8.52. The molecule has 0 radical (unpaired) electrons. The summed E-state index contributed by atoms with van der Waals surface area (Å²) in [6, 6.07) is 0. The first-order valence-electron chi connectivity index (χ1n) is 8.52. The molecule has 2 saturated heterocycles. The summed E-state index contributed by atoms with van der Waals surface area (Å²) in [4.78, 5) is 24.2. The van der Waals surface area contributed by atoms with Gasteiger partial charge in [0.05, 0.1) is 18.6 Å². The van der Waals surface area contributed by atoms with Crippen LogP contribution in [0.2, 0.25) is 0 Å². The Morgan fingerprint density at radius 1 is 1.32 bits per heavy atom. The van der Waals surface area contributed by atoms with Crippen molar-refractivity contribution in [2.24, 2.45) is 17.8 Å². The van der Waals surface area contributed by atoms with Crippen molar-refractivity contribution in [2.45, 2.75) is 43.7 Å². The van der Waals surface area contributed by atoms with Gasteiger partial charge < -0.3 is 19.3 Å². The number of hydrogen-bond acceptors (Lipinski definition) is 6. The lowest BCUT2D eigenvalue weighted by molar-refractivity contribution is -0.153. The fourth-order valence-corrected chi connectivity index (χ4v) is 4.37. The zero-order chi connectivity index (χ0) is 18.1. The second-order valence-corrected chi connectivity index (χ2v) is 7.71. The standard InChI is InChI=1S/C19H22O6/c1-8-5-12(20)15-10(3)17(21)25-16(15)14-9(2)13(6-11(8)14)24-18(22)19(4)7-23-19/h11-16,20H,1-3,5-7H2,4H3/t11-,12-,13-,14-,15+,16+,19-/m0/s1. The largest absolute Gasteiger partial charge is 0.458 e. The van der Waals surface area contributed by atoms with E-state index in [4.69, 9.17) is 14.2 Å². The van der Waals surface area contributed by atoms with E-state index >= 15 is 0 Å². The molecule has 2 heterocycles. The molecule has 4 aliphatic rings. The van der Waals surface area contributed by atoms with E-state index in [2.05, 4.69) is 19.7 Å². The summed E-state index contributed by atoms with van der Waals surface area (Å²) >= 11 is 0. The van der Waals surface area contributed by atoms with Crippen molar-refractivity contribution < 1.29 is 28.9 Å². The van der Waals surface area contributed by atoms with E-state index in [0.29, 0.717) is 25.0 Å². The Morgan fingerprint density at radius 3 is 2.64 bits per heavy atom. The topological polar surface area (TPSA) is 85.4 Å². The summed E-state index contributed by atoms with van der Waals surface area (Å²) in [5, 5.41) is 10.5. The van der Waals surface area contributed by atoms with Gasteiger partial charge in [0, 0.05) is 11.5 Å². The molecule has 4 fully saturated rings. The predicted molar refractivity (Wildman–Crippen MR) is 87.2 cm³/mol. The lowest BCUT2D eigenvalue weighted by atomic mass is 9.81. The van der Waals surface area contributed by atoms with Crippen LogP contribution in [0.3, 0.4) is 0 Å². The third kappa shape index (κ3) is 2.39. The van der Waals surface area contributed by atoms with Crippen molar-refractivity contribution in [1.82, 2.24) is 0 Å². The van der Waals surface area contributed by atoms with Crippen molar-refractivity contribution in [3.63, 3.8) is 0 Å². The fourth-order valence-electron chi connectivity index (χ4n) is 4.37. The van der Waals surface area contributed by atoms with Gasteiger partial charge in [-0.2, -0.15) is 0 Å². The minimum absolute atomic E-state index is 0.0541. The van der Waals surface area contributed by atoms with E-state index in [0.717, 1.165) is 5.57 Å². The molecule has 25 heavy (non-hydrogen) atoms. The molecule has 0 aromatic rings. The monoisotopic (exact) mass is 346 g/mol. The van der Waals surface area contributed by atoms with Gasteiger partial charge in [0.25, 0.3) is 0 Å². The molecule has 0 bridgehead atoms. The summed E-state index contributed by atoms with van der Waals surface area (Å²) in [6.45, 7) is 14.1. The highest BCUT2D eigenvalue weighted by atomic mass is 16.6. The lowest BCUT2D eigenvalue weighted by Crippen LogP contribution is -2.34. The van der Waals surface area contributed by atoms with Gasteiger partial charge in [-0.25, -0.2) is 9.59 Å². The molecule has 134 valence electrons. The van der Waals surface area contributed by atoms with Crippen molar-refractivity contribution >= 4 is 11.9 Å². The second kappa shape index (κ2) is 5.29. The van der Waals surface area contributed by atoms with Crippen molar-refractivity contribution in [3.8, 4) is 0 Å². The van der Waals surface area contributed by atoms with Crippen LogP contribution in [0.15, 0.2) is 36.5 Å². The molecular formula is C19H22O6. The molecule has 0 aromatic carbocycles. The Kier molecular flexibility index (Phi) is 3.50. The summed E-state index contributed by atoms with van der Waals surface area (Å²) in [6.07, 6.45) is -0.863. The first kappa shape index (κ1) is 16.5. The highest BCUT2D eigenvalue weighted by molar-refractivity contribution is 5.91. The van der Waals surface area contributed by atoms with Gasteiger partial charge in [0.15, 0.2) is 5.60 Å². The number of rotatable bonds is 2. The van der Waals surface area contributed by atoms with E-state index in [1.165, 1.54) is 0 Å². The van der Waals surface area contributed by atoms with Crippen molar-refractivity contribution in [1.29, 1.82) is 0 Å². The maximum atomic E-state index is 12.2. The second-order valence-electron chi connectivity index (χ2n) is 7.71. The Morgan fingerprint density at radius 2 is 2.00 bits per heavy atom. The number of esters is 2. The van der Waals surface area contributed by atoms with Crippen LogP contribution in [0.4, 0.5) is 0 Å².